The predicted octanol–water partition coefficient (Wildman–Crippen LogP) is 4.85. The fraction of sp³-hybridized carbons (Fsp3) is 0.739. The molecule has 4 atom stereocenters. The molecule has 3 nitrogen and oxygen atoms in total. The van der Waals surface area contributed by atoms with Gasteiger partial charge in [0.1, 0.15) is 5.75 Å². The number of methoxy groups -OCH3 is 1. The summed E-state index contributed by atoms with van der Waals surface area (Å²) in [5.74, 6) is 2.01. The van der Waals surface area contributed by atoms with E-state index >= 15 is 0 Å². The van der Waals surface area contributed by atoms with Crippen LogP contribution in [0.2, 0.25) is 0 Å². The second kappa shape index (κ2) is 7.16. The third-order valence-electron chi connectivity index (χ3n) is 7.89. The quantitative estimate of drug-likeness (QED) is 0.739. The van der Waals surface area contributed by atoms with Gasteiger partial charge in [-0.15, -0.1) is 0 Å². The molecule has 144 valence electrons. The number of ether oxygens (including phenoxy) is 2. The predicted molar refractivity (Wildman–Crippen MR) is 104 cm³/mol. The van der Waals surface area contributed by atoms with E-state index in [-0.39, 0.29) is 5.41 Å². The summed E-state index contributed by atoms with van der Waals surface area (Å²) < 4.78 is 10.9. The van der Waals surface area contributed by atoms with Crippen LogP contribution in [0.3, 0.4) is 0 Å². The van der Waals surface area contributed by atoms with E-state index in [1.165, 1.54) is 62.5 Å². The summed E-state index contributed by atoms with van der Waals surface area (Å²) in [4.78, 5) is 0. The van der Waals surface area contributed by atoms with Crippen molar-refractivity contribution in [2.45, 2.75) is 63.7 Å². The lowest BCUT2D eigenvalue weighted by Crippen LogP contribution is -2.46. The fourth-order valence-electron chi connectivity index (χ4n) is 6.44. The third-order valence-corrected chi connectivity index (χ3v) is 7.89. The first-order chi connectivity index (χ1) is 12.6. The highest BCUT2D eigenvalue weighted by Gasteiger charge is 2.53. The Morgan fingerprint density at radius 2 is 2.04 bits per heavy atom. The molecule has 2 fully saturated rings. The topological polar surface area (TPSA) is 38.7 Å². The Labute approximate surface area is 158 Å². The molecule has 4 rings (SSSR count). The molecular weight excluding hydrogens is 324 g/mol. The lowest BCUT2D eigenvalue weighted by molar-refractivity contribution is 0.00663. The number of fused-ring (bicyclic) bond motifs is 3. The maximum atomic E-state index is 10.1. The Morgan fingerprint density at radius 3 is 2.88 bits per heavy atom. The molecule has 2 bridgehead atoms. The van der Waals surface area contributed by atoms with Crippen molar-refractivity contribution in [1.29, 1.82) is 0 Å². The molecule has 3 aliphatic carbocycles. The van der Waals surface area contributed by atoms with Gasteiger partial charge < -0.3 is 14.6 Å². The van der Waals surface area contributed by atoms with Crippen LogP contribution in [-0.2, 0) is 21.3 Å². The molecule has 0 saturated heterocycles. The van der Waals surface area contributed by atoms with Crippen LogP contribution in [0.15, 0.2) is 18.2 Å². The Kier molecular flexibility index (Phi) is 5.04. The van der Waals surface area contributed by atoms with E-state index in [0.29, 0.717) is 24.4 Å². The van der Waals surface area contributed by atoms with Gasteiger partial charge in [0, 0.05) is 13.7 Å². The average molecular weight is 359 g/mol. The van der Waals surface area contributed by atoms with Crippen molar-refractivity contribution in [3.8, 4) is 5.75 Å². The summed E-state index contributed by atoms with van der Waals surface area (Å²) in [6.45, 7) is 4.76. The molecule has 1 unspecified atom stereocenters. The highest BCUT2D eigenvalue weighted by molar-refractivity contribution is 5.43. The van der Waals surface area contributed by atoms with Gasteiger partial charge >= 0.3 is 0 Å². The monoisotopic (exact) mass is 358 g/mol. The Bertz CT molecular complexity index is 642. The van der Waals surface area contributed by atoms with E-state index < -0.39 is 0 Å². The third kappa shape index (κ3) is 3.18. The summed E-state index contributed by atoms with van der Waals surface area (Å²) in [6.07, 6.45) is 10.4. The van der Waals surface area contributed by atoms with Crippen LogP contribution >= 0.6 is 0 Å². The van der Waals surface area contributed by atoms with E-state index in [0.717, 1.165) is 18.4 Å². The van der Waals surface area contributed by atoms with Crippen molar-refractivity contribution >= 4 is 0 Å². The van der Waals surface area contributed by atoms with E-state index in [4.69, 9.17) is 9.47 Å². The smallest absolute Gasteiger partial charge is 0.115 e. The molecule has 0 spiro atoms. The van der Waals surface area contributed by atoms with Crippen LogP contribution in [0.1, 0.15) is 63.0 Å². The number of hydrogen-bond donors (Lipinski definition) is 1. The highest BCUT2D eigenvalue weighted by Crippen LogP contribution is 2.61. The summed E-state index contributed by atoms with van der Waals surface area (Å²) in [7, 11) is 1.73. The molecular formula is C23H34O3. The average Bonchev–Trinajstić information content (AvgIpc) is 2.76. The number of phenols is 1. The first kappa shape index (κ1) is 18.3. The maximum absolute atomic E-state index is 10.1. The largest absolute Gasteiger partial charge is 0.508 e. The van der Waals surface area contributed by atoms with Crippen LogP contribution in [0.5, 0.6) is 5.75 Å². The van der Waals surface area contributed by atoms with E-state index in [2.05, 4.69) is 19.1 Å². The molecule has 0 amide bonds. The van der Waals surface area contributed by atoms with Crippen molar-refractivity contribution < 1.29 is 14.6 Å². The van der Waals surface area contributed by atoms with Crippen LogP contribution < -0.4 is 0 Å². The summed E-state index contributed by atoms with van der Waals surface area (Å²) in [5.41, 5.74) is 3.63. The van der Waals surface area contributed by atoms with Crippen molar-refractivity contribution in [3.63, 3.8) is 0 Å². The van der Waals surface area contributed by atoms with Crippen molar-refractivity contribution in [3.05, 3.63) is 29.3 Å². The van der Waals surface area contributed by atoms with Crippen molar-refractivity contribution in [2.24, 2.45) is 17.3 Å². The lowest BCUT2D eigenvalue weighted by atomic mass is 9.52. The molecule has 0 heterocycles. The Morgan fingerprint density at radius 1 is 1.15 bits per heavy atom. The maximum Gasteiger partial charge on any atom is 0.115 e. The lowest BCUT2D eigenvalue weighted by Gasteiger charge is -2.53. The van der Waals surface area contributed by atoms with Crippen LogP contribution in [0, 0.1) is 17.3 Å². The number of phenolic OH excluding ortho intramolecular Hbond substituents is 1. The summed E-state index contributed by atoms with van der Waals surface area (Å²) in [6, 6.07) is 6.13. The van der Waals surface area contributed by atoms with Gasteiger partial charge in [-0.1, -0.05) is 19.4 Å². The Hall–Kier alpha value is -1.06. The van der Waals surface area contributed by atoms with Gasteiger partial charge in [0.15, 0.2) is 0 Å². The van der Waals surface area contributed by atoms with Gasteiger partial charge in [-0.25, -0.2) is 0 Å². The number of hydrogen-bond acceptors (Lipinski definition) is 3. The first-order valence-electron chi connectivity index (χ1n) is 10.5. The molecule has 2 saturated carbocycles. The van der Waals surface area contributed by atoms with Crippen LogP contribution in [0.4, 0.5) is 0 Å². The fourth-order valence-corrected chi connectivity index (χ4v) is 6.44. The standard InChI is InChI=1S/C23H34O3/c1-22-7-3-8-23(10-11-26-13-12-25-2)9-6-18(21(22)16-23)14-17-4-5-19(24)15-20(17)22/h4-5,15,18,21,24H,3,6-14,16H2,1-2H3/t18-,21-,22+,23?/m0/s1. The Balaban J connectivity index is 1.55. The molecule has 0 aliphatic heterocycles. The SMILES string of the molecule is COCCOCCC12CCC[C@]3(C)c4cc(O)ccc4C[C@H](CC1)[C@@H]3C2. The van der Waals surface area contributed by atoms with Crippen molar-refractivity contribution in [1.82, 2.24) is 0 Å². The minimum Gasteiger partial charge on any atom is -0.508 e. The highest BCUT2D eigenvalue weighted by atomic mass is 16.5. The van der Waals surface area contributed by atoms with Gasteiger partial charge in [0.05, 0.1) is 13.2 Å². The normalized spacial score (nSPS) is 35.6. The van der Waals surface area contributed by atoms with Crippen molar-refractivity contribution in [2.75, 3.05) is 26.9 Å². The number of aromatic hydroxyl groups is 1. The molecule has 0 aromatic heterocycles. The van der Waals surface area contributed by atoms with E-state index in [1.54, 1.807) is 7.11 Å². The molecule has 0 radical (unpaired) electrons. The molecule has 3 aliphatic rings. The van der Waals surface area contributed by atoms with Crippen LogP contribution in [0.25, 0.3) is 0 Å². The number of benzene rings is 1. The van der Waals surface area contributed by atoms with Gasteiger partial charge in [0.2, 0.25) is 0 Å². The van der Waals surface area contributed by atoms with Gasteiger partial charge in [-0.3, -0.25) is 0 Å². The molecule has 26 heavy (non-hydrogen) atoms. The van der Waals surface area contributed by atoms with Gasteiger partial charge in [0.25, 0.3) is 0 Å². The summed E-state index contributed by atoms with van der Waals surface area (Å²) in [5, 5.41) is 10.1. The zero-order valence-corrected chi connectivity index (χ0v) is 16.4. The second-order valence-electron chi connectivity index (χ2n) is 9.28. The molecule has 3 heteroatoms. The number of rotatable bonds is 6. The zero-order chi connectivity index (χ0) is 18.2. The van der Waals surface area contributed by atoms with Gasteiger partial charge in [-0.05, 0) is 90.9 Å². The summed E-state index contributed by atoms with van der Waals surface area (Å²) >= 11 is 0. The second-order valence-corrected chi connectivity index (χ2v) is 9.28. The van der Waals surface area contributed by atoms with Gasteiger partial charge in [-0.2, -0.15) is 0 Å². The minimum atomic E-state index is 0.232. The van der Waals surface area contributed by atoms with E-state index in [1.807, 2.05) is 6.07 Å². The zero-order valence-electron chi connectivity index (χ0n) is 16.4. The minimum absolute atomic E-state index is 0.232. The first-order valence-corrected chi connectivity index (χ1v) is 10.5. The van der Waals surface area contributed by atoms with Crippen LogP contribution in [-0.4, -0.2) is 32.0 Å². The van der Waals surface area contributed by atoms with E-state index in [9.17, 15) is 5.11 Å². The molecule has 1 aromatic rings. The molecule has 1 aromatic carbocycles. The molecule has 1 N–H and O–H groups in total.